The second-order valence-corrected chi connectivity index (χ2v) is 7.55. The number of rotatable bonds is 6. The third-order valence-electron chi connectivity index (χ3n) is 5.28. The van der Waals surface area contributed by atoms with Crippen LogP contribution in [0.5, 0.6) is 0 Å². The van der Waals surface area contributed by atoms with E-state index in [-0.39, 0.29) is 30.1 Å². The minimum absolute atomic E-state index is 0.0760. The average Bonchev–Trinajstić information content (AvgIpc) is 3.39. The highest BCUT2D eigenvalue weighted by molar-refractivity contribution is 5.98. The van der Waals surface area contributed by atoms with E-state index in [1.54, 1.807) is 31.3 Å². The van der Waals surface area contributed by atoms with Gasteiger partial charge in [0, 0.05) is 25.9 Å². The summed E-state index contributed by atoms with van der Waals surface area (Å²) in [5.41, 5.74) is 1.75. The largest absolute Gasteiger partial charge is 0.419 e. The molecule has 2 amide bonds. The van der Waals surface area contributed by atoms with Crippen LogP contribution in [0.15, 0.2) is 58.3 Å². The summed E-state index contributed by atoms with van der Waals surface area (Å²) in [6.07, 6.45) is 3.80. The Morgan fingerprint density at radius 2 is 1.94 bits per heavy atom. The monoisotopic (exact) mass is 476 g/mol. The van der Waals surface area contributed by atoms with Gasteiger partial charge in [0.25, 0.3) is 11.8 Å². The Hall–Kier alpha value is -4.94. The molecule has 0 saturated carbocycles. The van der Waals surface area contributed by atoms with E-state index < -0.39 is 23.4 Å². The van der Waals surface area contributed by atoms with Crippen LogP contribution in [0, 0.1) is 5.82 Å². The van der Waals surface area contributed by atoms with E-state index in [0.29, 0.717) is 22.4 Å². The maximum atomic E-state index is 14.3. The van der Waals surface area contributed by atoms with Gasteiger partial charge in [-0.1, -0.05) is 6.07 Å². The molecule has 0 aliphatic heterocycles. The van der Waals surface area contributed by atoms with Crippen LogP contribution in [0.3, 0.4) is 0 Å². The van der Waals surface area contributed by atoms with E-state index in [2.05, 4.69) is 30.7 Å². The second-order valence-electron chi connectivity index (χ2n) is 7.55. The summed E-state index contributed by atoms with van der Waals surface area (Å²) < 4.78 is 21.7. The molecule has 176 valence electrons. The first-order chi connectivity index (χ1) is 16.9. The number of aromatic nitrogens is 6. The Morgan fingerprint density at radius 3 is 2.74 bits per heavy atom. The molecule has 0 aliphatic carbocycles. The number of fused-ring (bicyclic) bond motifs is 2. The van der Waals surface area contributed by atoms with Crippen LogP contribution in [0.1, 0.15) is 32.2 Å². The van der Waals surface area contributed by atoms with Gasteiger partial charge in [-0.25, -0.2) is 28.7 Å². The molecular weight excluding hydrogens is 459 g/mol. The van der Waals surface area contributed by atoms with Gasteiger partial charge in [0.1, 0.15) is 17.7 Å². The summed E-state index contributed by atoms with van der Waals surface area (Å²) in [7, 11) is 1.58. The van der Waals surface area contributed by atoms with E-state index in [4.69, 9.17) is 4.42 Å². The van der Waals surface area contributed by atoms with Crippen LogP contribution in [0.25, 0.3) is 16.7 Å². The summed E-state index contributed by atoms with van der Waals surface area (Å²) >= 11 is 0. The number of hydrogen-bond acceptors (Lipinski definition) is 8. The lowest BCUT2D eigenvalue weighted by atomic mass is 10.2. The quantitative estimate of drug-likeness (QED) is 0.368. The van der Waals surface area contributed by atoms with E-state index in [1.165, 1.54) is 23.2 Å². The van der Waals surface area contributed by atoms with Gasteiger partial charge < -0.3 is 15.1 Å². The molecule has 0 saturated heterocycles. The first-order valence-electron chi connectivity index (χ1n) is 10.3. The highest BCUT2D eigenvalue weighted by Crippen LogP contribution is 2.15. The van der Waals surface area contributed by atoms with E-state index in [0.717, 1.165) is 10.7 Å². The number of carbonyl (C=O) groups is 2. The fraction of sp³-hybridized carbons (Fsp3) is 0.136. The maximum Gasteiger partial charge on any atom is 0.419 e. The van der Waals surface area contributed by atoms with Crippen molar-refractivity contribution in [1.82, 2.24) is 39.8 Å². The molecule has 4 heterocycles. The van der Waals surface area contributed by atoms with Crippen LogP contribution in [0.4, 0.5) is 4.39 Å². The van der Waals surface area contributed by atoms with Crippen molar-refractivity contribution >= 4 is 28.6 Å². The van der Waals surface area contributed by atoms with Crippen LogP contribution in [-0.2, 0) is 20.1 Å². The Labute approximate surface area is 195 Å². The standard InChI is InChI=1S/C22H17FN8O4/c1-30-16-6-12(2-3-18(16)35-22(30)34)8-25-20(32)15-7-17(31-19(29-15)14(23)10-28-31)21(33)26-9-13-4-5-24-11-27-13/h2-7,10-11H,8-9H2,1H3,(H,25,32)(H,26,33). The fourth-order valence-corrected chi connectivity index (χ4v) is 3.45. The number of aryl methyl sites for hydroxylation is 1. The zero-order chi connectivity index (χ0) is 24.5. The number of nitrogens with zero attached hydrogens (tertiary/aromatic N) is 6. The number of benzene rings is 1. The molecule has 35 heavy (non-hydrogen) atoms. The first kappa shape index (κ1) is 21.9. The Bertz CT molecular complexity index is 1640. The lowest BCUT2D eigenvalue weighted by Crippen LogP contribution is -2.28. The predicted molar refractivity (Wildman–Crippen MR) is 119 cm³/mol. The number of hydrogen-bond donors (Lipinski definition) is 2. The van der Waals surface area contributed by atoms with Gasteiger partial charge in [0.05, 0.1) is 24.0 Å². The SMILES string of the molecule is Cn1c(=O)oc2ccc(CNC(=O)c3cc(C(=O)NCc4ccncn4)n4ncc(F)c4n3)cc21. The van der Waals surface area contributed by atoms with Gasteiger partial charge in [-0.15, -0.1) is 0 Å². The van der Waals surface area contributed by atoms with Crippen LogP contribution in [-0.4, -0.2) is 40.9 Å². The molecule has 0 bridgehead atoms. The molecule has 0 unspecified atom stereocenters. The first-order valence-corrected chi connectivity index (χ1v) is 10.3. The van der Waals surface area contributed by atoms with E-state index in [9.17, 15) is 18.8 Å². The number of nitrogens with one attached hydrogen (secondary N) is 2. The molecule has 0 spiro atoms. The van der Waals surface area contributed by atoms with Gasteiger partial charge in [-0.05, 0) is 23.8 Å². The minimum Gasteiger partial charge on any atom is -0.408 e. The fourth-order valence-electron chi connectivity index (χ4n) is 3.45. The highest BCUT2D eigenvalue weighted by atomic mass is 19.1. The van der Waals surface area contributed by atoms with Gasteiger partial charge >= 0.3 is 5.76 Å². The molecule has 4 aromatic heterocycles. The Morgan fingerprint density at radius 1 is 1.11 bits per heavy atom. The number of amides is 2. The molecule has 2 N–H and O–H groups in total. The summed E-state index contributed by atoms with van der Waals surface area (Å²) in [6.45, 7) is 0.188. The summed E-state index contributed by atoms with van der Waals surface area (Å²) in [6, 6.07) is 7.90. The lowest BCUT2D eigenvalue weighted by molar-refractivity contribution is 0.0942. The normalized spacial score (nSPS) is 11.1. The summed E-state index contributed by atoms with van der Waals surface area (Å²) in [5.74, 6) is -2.50. The molecule has 0 atom stereocenters. The van der Waals surface area contributed by atoms with Crippen molar-refractivity contribution in [3.8, 4) is 0 Å². The topological polar surface area (TPSA) is 149 Å². The molecule has 0 radical (unpaired) electrons. The van der Waals surface area contributed by atoms with E-state index in [1.807, 2.05) is 0 Å². The van der Waals surface area contributed by atoms with Crippen LogP contribution >= 0.6 is 0 Å². The number of halogens is 1. The van der Waals surface area contributed by atoms with Crippen molar-refractivity contribution in [1.29, 1.82) is 0 Å². The number of oxazole rings is 1. The zero-order valence-electron chi connectivity index (χ0n) is 18.2. The van der Waals surface area contributed by atoms with Gasteiger partial charge in [0.2, 0.25) is 0 Å². The average molecular weight is 476 g/mol. The van der Waals surface area contributed by atoms with Crippen molar-refractivity contribution in [3.63, 3.8) is 0 Å². The Balaban J connectivity index is 1.38. The van der Waals surface area contributed by atoms with Gasteiger partial charge in [-0.3, -0.25) is 14.2 Å². The second kappa shape index (κ2) is 8.78. The molecule has 12 nitrogen and oxygen atoms in total. The van der Waals surface area contributed by atoms with Crippen molar-refractivity contribution in [3.05, 3.63) is 88.1 Å². The van der Waals surface area contributed by atoms with Crippen molar-refractivity contribution < 1.29 is 18.4 Å². The molecule has 13 heteroatoms. The highest BCUT2D eigenvalue weighted by Gasteiger charge is 2.20. The van der Waals surface area contributed by atoms with Crippen molar-refractivity contribution in [2.45, 2.75) is 13.1 Å². The molecule has 1 aromatic carbocycles. The zero-order valence-corrected chi connectivity index (χ0v) is 18.2. The lowest BCUT2D eigenvalue weighted by Gasteiger charge is -2.10. The smallest absolute Gasteiger partial charge is 0.408 e. The molecule has 5 rings (SSSR count). The van der Waals surface area contributed by atoms with Crippen LogP contribution < -0.4 is 16.4 Å². The minimum atomic E-state index is -0.782. The van der Waals surface area contributed by atoms with Gasteiger partial charge in [0.15, 0.2) is 17.0 Å². The molecule has 5 aromatic rings. The summed E-state index contributed by atoms with van der Waals surface area (Å²) in [5, 5.41) is 9.19. The summed E-state index contributed by atoms with van der Waals surface area (Å²) in [4.78, 5) is 49.2. The van der Waals surface area contributed by atoms with Crippen molar-refractivity contribution in [2.24, 2.45) is 7.05 Å². The molecular formula is C22H17FN8O4. The van der Waals surface area contributed by atoms with Crippen LogP contribution in [0.2, 0.25) is 0 Å². The molecule has 0 aliphatic rings. The third kappa shape index (κ3) is 4.21. The number of carbonyl (C=O) groups excluding carboxylic acids is 2. The van der Waals surface area contributed by atoms with E-state index >= 15 is 0 Å². The third-order valence-corrected chi connectivity index (χ3v) is 5.28. The maximum absolute atomic E-state index is 14.3. The molecule has 0 fully saturated rings. The van der Waals surface area contributed by atoms with Crippen molar-refractivity contribution in [2.75, 3.05) is 0 Å². The Kier molecular flexibility index (Phi) is 5.49. The van der Waals surface area contributed by atoms with Gasteiger partial charge in [-0.2, -0.15) is 5.10 Å². The predicted octanol–water partition coefficient (Wildman–Crippen LogP) is 0.963.